The highest BCUT2D eigenvalue weighted by Gasteiger charge is 2.38. The van der Waals surface area contributed by atoms with E-state index in [0.717, 1.165) is 13.1 Å². The molecule has 1 saturated heterocycles. The monoisotopic (exact) mass is 315 g/mol. The van der Waals surface area contributed by atoms with Gasteiger partial charge in [0.05, 0.1) is 9.39 Å². The minimum atomic E-state index is 0.123. The highest BCUT2D eigenvalue weighted by Crippen LogP contribution is 2.39. The zero-order chi connectivity index (χ0) is 11.7. The second-order valence-electron chi connectivity index (χ2n) is 5.12. The van der Waals surface area contributed by atoms with Crippen molar-refractivity contribution in [2.24, 2.45) is 0 Å². The van der Waals surface area contributed by atoms with E-state index in [1.807, 2.05) is 0 Å². The van der Waals surface area contributed by atoms with Gasteiger partial charge in [0, 0.05) is 18.0 Å². The Labute approximate surface area is 115 Å². The molecule has 0 bridgehead atoms. The molecule has 94 valence electrons. The summed E-state index contributed by atoms with van der Waals surface area (Å²) >= 11 is 5.32. The molecule has 1 N–H and O–H groups in total. The van der Waals surface area contributed by atoms with Crippen LogP contribution in [0, 0.1) is 0 Å². The van der Waals surface area contributed by atoms with E-state index < -0.39 is 0 Å². The normalized spacial score (nSPS) is 28.4. The van der Waals surface area contributed by atoms with Gasteiger partial charge in [0.1, 0.15) is 6.10 Å². The molecule has 0 amide bonds. The molecule has 17 heavy (non-hydrogen) atoms. The van der Waals surface area contributed by atoms with Crippen LogP contribution in [0.1, 0.15) is 43.1 Å². The summed E-state index contributed by atoms with van der Waals surface area (Å²) in [6, 6.07) is 4.30. The molecule has 1 atom stereocenters. The second-order valence-corrected chi connectivity index (χ2v) is 7.62. The van der Waals surface area contributed by atoms with Gasteiger partial charge in [-0.05, 0) is 40.9 Å². The van der Waals surface area contributed by atoms with Crippen LogP contribution in [0.15, 0.2) is 15.9 Å². The van der Waals surface area contributed by atoms with Gasteiger partial charge in [-0.3, -0.25) is 0 Å². The molecule has 2 heterocycles. The first-order valence-corrected chi connectivity index (χ1v) is 8.02. The van der Waals surface area contributed by atoms with Crippen molar-refractivity contribution in [2.75, 3.05) is 13.1 Å². The lowest BCUT2D eigenvalue weighted by molar-refractivity contribution is -0.134. The summed E-state index contributed by atoms with van der Waals surface area (Å²) in [6.45, 7) is 1.99. The van der Waals surface area contributed by atoms with Crippen LogP contribution in [0.4, 0.5) is 0 Å². The van der Waals surface area contributed by atoms with Gasteiger partial charge in [-0.15, -0.1) is 11.3 Å². The average Bonchev–Trinajstić information content (AvgIpc) is 2.77. The standard InChI is InChI=1S/C13H18BrNOS/c14-12-5-4-11(17-12)10-8-15-9-13(16-10)6-2-1-3-7-13/h4-5,10,15H,1-3,6-9H2. The highest BCUT2D eigenvalue weighted by molar-refractivity contribution is 9.11. The van der Waals surface area contributed by atoms with Crippen molar-refractivity contribution in [1.82, 2.24) is 5.32 Å². The van der Waals surface area contributed by atoms with Crippen molar-refractivity contribution in [2.45, 2.75) is 43.8 Å². The Balaban J connectivity index is 1.74. The van der Waals surface area contributed by atoms with Crippen LogP contribution in [0.3, 0.4) is 0 Å². The molecule has 0 radical (unpaired) electrons. The van der Waals surface area contributed by atoms with Crippen LogP contribution in [0.5, 0.6) is 0 Å². The molecule has 1 spiro atoms. The van der Waals surface area contributed by atoms with Gasteiger partial charge in [0.15, 0.2) is 0 Å². The van der Waals surface area contributed by atoms with E-state index in [9.17, 15) is 0 Å². The predicted molar refractivity (Wildman–Crippen MR) is 74.5 cm³/mol. The number of hydrogen-bond acceptors (Lipinski definition) is 3. The van der Waals surface area contributed by atoms with Gasteiger partial charge >= 0.3 is 0 Å². The summed E-state index contributed by atoms with van der Waals surface area (Å²) in [5.74, 6) is 0. The zero-order valence-electron chi connectivity index (χ0n) is 9.88. The lowest BCUT2D eigenvalue weighted by Crippen LogP contribution is -2.51. The molecule has 1 saturated carbocycles. The molecule has 1 aromatic heterocycles. The third-order valence-electron chi connectivity index (χ3n) is 3.85. The van der Waals surface area contributed by atoms with Crippen molar-refractivity contribution >= 4 is 27.3 Å². The first kappa shape index (κ1) is 12.2. The molecule has 3 rings (SSSR count). The molecule has 2 nitrogen and oxygen atoms in total. The maximum atomic E-state index is 6.44. The Morgan fingerprint density at radius 2 is 2.12 bits per heavy atom. The fraction of sp³-hybridized carbons (Fsp3) is 0.692. The summed E-state index contributed by atoms with van der Waals surface area (Å²) in [4.78, 5) is 1.34. The second kappa shape index (κ2) is 5.00. The van der Waals surface area contributed by atoms with E-state index in [-0.39, 0.29) is 11.7 Å². The Kier molecular flexibility index (Phi) is 3.57. The minimum Gasteiger partial charge on any atom is -0.364 e. The average molecular weight is 316 g/mol. The summed E-state index contributed by atoms with van der Waals surface area (Å²) in [7, 11) is 0. The number of ether oxygens (including phenoxy) is 1. The topological polar surface area (TPSA) is 21.3 Å². The summed E-state index contributed by atoms with van der Waals surface area (Å²) < 4.78 is 7.64. The molecule has 2 fully saturated rings. The van der Waals surface area contributed by atoms with Gasteiger partial charge in [0.2, 0.25) is 0 Å². The molecule has 2 aliphatic rings. The maximum Gasteiger partial charge on any atom is 0.105 e. The number of hydrogen-bond donors (Lipinski definition) is 1. The van der Waals surface area contributed by atoms with Crippen molar-refractivity contribution in [1.29, 1.82) is 0 Å². The van der Waals surface area contributed by atoms with Crippen LogP contribution in [0.2, 0.25) is 0 Å². The van der Waals surface area contributed by atoms with E-state index in [1.165, 1.54) is 40.8 Å². The van der Waals surface area contributed by atoms with Gasteiger partial charge in [-0.1, -0.05) is 19.3 Å². The number of halogens is 1. The SMILES string of the molecule is Brc1ccc(C2CNCC3(CCCCC3)O2)s1. The Morgan fingerprint density at radius 3 is 2.82 bits per heavy atom. The van der Waals surface area contributed by atoms with E-state index >= 15 is 0 Å². The predicted octanol–water partition coefficient (Wildman–Crippen LogP) is 3.87. The van der Waals surface area contributed by atoms with Gasteiger partial charge in [-0.2, -0.15) is 0 Å². The lowest BCUT2D eigenvalue weighted by atomic mass is 9.83. The molecule has 0 aromatic carbocycles. The van der Waals surface area contributed by atoms with Crippen LogP contribution in [0.25, 0.3) is 0 Å². The first-order chi connectivity index (χ1) is 8.27. The van der Waals surface area contributed by atoms with Crippen molar-refractivity contribution in [3.63, 3.8) is 0 Å². The molecular weight excluding hydrogens is 298 g/mol. The first-order valence-electron chi connectivity index (χ1n) is 6.41. The van der Waals surface area contributed by atoms with Crippen LogP contribution in [-0.4, -0.2) is 18.7 Å². The van der Waals surface area contributed by atoms with E-state index in [2.05, 4.69) is 33.4 Å². The van der Waals surface area contributed by atoms with Gasteiger partial charge in [0.25, 0.3) is 0 Å². The zero-order valence-corrected chi connectivity index (χ0v) is 12.3. The van der Waals surface area contributed by atoms with Crippen molar-refractivity contribution in [3.8, 4) is 0 Å². The fourth-order valence-corrected chi connectivity index (χ4v) is 4.42. The molecule has 1 aliphatic heterocycles. The van der Waals surface area contributed by atoms with E-state index in [1.54, 1.807) is 11.3 Å². The Morgan fingerprint density at radius 1 is 1.29 bits per heavy atom. The highest BCUT2D eigenvalue weighted by atomic mass is 79.9. The Bertz CT molecular complexity index is 381. The number of rotatable bonds is 1. The van der Waals surface area contributed by atoms with Crippen molar-refractivity contribution < 1.29 is 4.74 Å². The molecule has 1 aliphatic carbocycles. The largest absolute Gasteiger partial charge is 0.364 e. The molecule has 4 heteroatoms. The summed E-state index contributed by atoms with van der Waals surface area (Å²) in [5.41, 5.74) is 0.123. The lowest BCUT2D eigenvalue weighted by Gasteiger charge is -2.44. The van der Waals surface area contributed by atoms with E-state index in [4.69, 9.17) is 4.74 Å². The molecule has 1 aromatic rings. The molecular formula is C13H18BrNOS. The number of morpholine rings is 1. The van der Waals surface area contributed by atoms with Crippen LogP contribution >= 0.6 is 27.3 Å². The van der Waals surface area contributed by atoms with Crippen LogP contribution < -0.4 is 5.32 Å². The van der Waals surface area contributed by atoms with Crippen molar-refractivity contribution in [3.05, 3.63) is 20.8 Å². The summed E-state index contributed by atoms with van der Waals surface area (Å²) in [6.07, 6.45) is 6.72. The Hall–Kier alpha value is 0.1000. The summed E-state index contributed by atoms with van der Waals surface area (Å²) in [5, 5.41) is 3.57. The van der Waals surface area contributed by atoms with E-state index in [0.29, 0.717) is 0 Å². The number of nitrogens with one attached hydrogen (secondary N) is 1. The quantitative estimate of drug-likeness (QED) is 0.849. The smallest absolute Gasteiger partial charge is 0.105 e. The maximum absolute atomic E-state index is 6.44. The third kappa shape index (κ3) is 2.60. The fourth-order valence-electron chi connectivity index (χ4n) is 2.97. The number of thiophene rings is 1. The van der Waals surface area contributed by atoms with Gasteiger partial charge < -0.3 is 10.1 Å². The minimum absolute atomic E-state index is 0.123. The van der Waals surface area contributed by atoms with Gasteiger partial charge in [-0.25, -0.2) is 0 Å². The van der Waals surface area contributed by atoms with Crippen LogP contribution in [-0.2, 0) is 4.74 Å². The third-order valence-corrected chi connectivity index (χ3v) is 5.56. The molecule has 1 unspecified atom stereocenters.